The number of carbonyl (C=O) groups excluding carboxylic acids is 2. The number of anilines is 1. The maximum atomic E-state index is 11.9. The summed E-state index contributed by atoms with van der Waals surface area (Å²) < 4.78 is 0. The van der Waals surface area contributed by atoms with E-state index in [-0.39, 0.29) is 11.8 Å². The Kier molecular flexibility index (Phi) is 6.18. The predicted molar refractivity (Wildman–Crippen MR) is 80.7 cm³/mol. The van der Waals surface area contributed by atoms with Crippen molar-refractivity contribution in [2.45, 2.75) is 20.8 Å². The van der Waals surface area contributed by atoms with Gasteiger partial charge in [0.2, 0.25) is 11.8 Å². The second-order valence-electron chi connectivity index (χ2n) is 5.02. The minimum Gasteiger partial charge on any atom is -0.355 e. The molecule has 20 heavy (non-hydrogen) atoms. The van der Waals surface area contributed by atoms with Crippen LogP contribution >= 0.6 is 0 Å². The molecule has 2 N–H and O–H groups in total. The Bertz CT molecular complexity index is 486. The van der Waals surface area contributed by atoms with E-state index in [2.05, 4.69) is 10.6 Å². The molecule has 0 atom stereocenters. The Balaban J connectivity index is 2.43. The van der Waals surface area contributed by atoms with Crippen molar-refractivity contribution in [2.24, 2.45) is 0 Å². The summed E-state index contributed by atoms with van der Waals surface area (Å²) in [5.41, 5.74) is 3.09. The van der Waals surface area contributed by atoms with Crippen LogP contribution in [0.4, 0.5) is 5.69 Å². The largest absolute Gasteiger partial charge is 0.355 e. The number of likely N-dealkylation sites (N-methyl/N-ethyl adjacent to an activating group) is 1. The fourth-order valence-electron chi connectivity index (χ4n) is 1.82. The molecule has 0 aliphatic heterocycles. The lowest BCUT2D eigenvalue weighted by atomic mass is 10.1. The molecule has 5 heteroatoms. The molecule has 0 aliphatic rings. The Hall–Kier alpha value is -1.88. The Morgan fingerprint density at radius 3 is 2.60 bits per heavy atom. The molecule has 0 fully saturated rings. The summed E-state index contributed by atoms with van der Waals surface area (Å²) in [6.07, 6.45) is 0. The molecule has 1 aromatic carbocycles. The number of benzene rings is 1. The molecule has 0 unspecified atom stereocenters. The molecule has 0 radical (unpaired) electrons. The van der Waals surface area contributed by atoms with E-state index >= 15 is 0 Å². The molecule has 0 saturated heterocycles. The van der Waals surface area contributed by atoms with Gasteiger partial charge in [0, 0.05) is 25.7 Å². The van der Waals surface area contributed by atoms with Crippen LogP contribution in [0.5, 0.6) is 0 Å². The van der Waals surface area contributed by atoms with Gasteiger partial charge < -0.3 is 10.6 Å². The van der Waals surface area contributed by atoms with Crippen molar-refractivity contribution < 1.29 is 9.59 Å². The summed E-state index contributed by atoms with van der Waals surface area (Å²) in [6.45, 7) is 6.97. The molecular weight excluding hydrogens is 254 g/mol. The summed E-state index contributed by atoms with van der Waals surface area (Å²) in [5, 5.41) is 5.62. The van der Waals surface area contributed by atoms with Gasteiger partial charge in [-0.05, 0) is 38.1 Å². The van der Waals surface area contributed by atoms with Gasteiger partial charge in [0.15, 0.2) is 0 Å². The fourth-order valence-corrected chi connectivity index (χ4v) is 1.82. The van der Waals surface area contributed by atoms with Crippen molar-refractivity contribution in [3.8, 4) is 0 Å². The highest BCUT2D eigenvalue weighted by Crippen LogP contribution is 2.17. The molecule has 2 amide bonds. The summed E-state index contributed by atoms with van der Waals surface area (Å²) in [6, 6.07) is 5.85. The molecule has 1 aromatic rings. The molecule has 0 aliphatic carbocycles. The highest BCUT2D eigenvalue weighted by Gasteiger charge is 2.08. The van der Waals surface area contributed by atoms with Crippen LogP contribution in [0.2, 0.25) is 0 Å². The number of amides is 2. The second-order valence-corrected chi connectivity index (χ2v) is 5.02. The minimum atomic E-state index is -0.0572. The molecule has 0 heterocycles. The Morgan fingerprint density at radius 1 is 1.25 bits per heavy atom. The van der Waals surface area contributed by atoms with Gasteiger partial charge in [-0.2, -0.15) is 0 Å². The van der Waals surface area contributed by atoms with Gasteiger partial charge in [-0.25, -0.2) is 0 Å². The zero-order valence-electron chi connectivity index (χ0n) is 12.6. The van der Waals surface area contributed by atoms with Crippen molar-refractivity contribution in [1.82, 2.24) is 10.2 Å². The molecule has 1 rings (SSSR count). The van der Waals surface area contributed by atoms with E-state index in [1.54, 1.807) is 0 Å². The molecule has 110 valence electrons. The highest BCUT2D eigenvalue weighted by atomic mass is 16.2. The molecule has 5 nitrogen and oxygen atoms in total. The predicted octanol–water partition coefficient (Wildman–Crippen LogP) is 1.31. The number of carbonyl (C=O) groups is 2. The maximum absolute atomic E-state index is 11.9. The van der Waals surface area contributed by atoms with Crippen LogP contribution < -0.4 is 10.6 Å². The van der Waals surface area contributed by atoms with Crippen LogP contribution in [0.25, 0.3) is 0 Å². The third-order valence-corrected chi connectivity index (χ3v) is 3.16. The van der Waals surface area contributed by atoms with Gasteiger partial charge >= 0.3 is 0 Å². The van der Waals surface area contributed by atoms with Crippen molar-refractivity contribution in [3.63, 3.8) is 0 Å². The first-order valence-corrected chi connectivity index (χ1v) is 6.69. The topological polar surface area (TPSA) is 61.4 Å². The lowest BCUT2D eigenvalue weighted by Crippen LogP contribution is -2.36. The quantitative estimate of drug-likeness (QED) is 0.824. The SMILES string of the molecule is CC(=O)NCCN(C)CC(=O)Nc1cccc(C)c1C. The first kappa shape index (κ1) is 16.2. The van der Waals surface area contributed by atoms with E-state index in [4.69, 9.17) is 0 Å². The average molecular weight is 277 g/mol. The van der Waals surface area contributed by atoms with Gasteiger partial charge in [0.25, 0.3) is 0 Å². The van der Waals surface area contributed by atoms with E-state index in [0.717, 1.165) is 16.8 Å². The Morgan fingerprint density at radius 2 is 1.95 bits per heavy atom. The van der Waals surface area contributed by atoms with Gasteiger partial charge in [0.1, 0.15) is 0 Å². The van der Waals surface area contributed by atoms with Crippen LogP contribution in [0, 0.1) is 13.8 Å². The van der Waals surface area contributed by atoms with Crippen molar-refractivity contribution in [3.05, 3.63) is 29.3 Å². The van der Waals surface area contributed by atoms with Gasteiger partial charge in [-0.15, -0.1) is 0 Å². The van der Waals surface area contributed by atoms with E-state index in [1.165, 1.54) is 6.92 Å². The third kappa shape index (κ3) is 5.40. The minimum absolute atomic E-state index is 0.0518. The van der Waals surface area contributed by atoms with Crippen LogP contribution in [0.1, 0.15) is 18.1 Å². The van der Waals surface area contributed by atoms with E-state index in [1.807, 2.05) is 44.0 Å². The number of nitrogens with zero attached hydrogens (tertiary/aromatic N) is 1. The number of hydrogen-bond acceptors (Lipinski definition) is 3. The van der Waals surface area contributed by atoms with Crippen LogP contribution in [-0.4, -0.2) is 43.4 Å². The first-order valence-electron chi connectivity index (χ1n) is 6.69. The summed E-state index contributed by atoms with van der Waals surface area (Å²) in [5.74, 6) is -0.109. The molecule has 0 saturated carbocycles. The number of hydrogen-bond donors (Lipinski definition) is 2. The van der Waals surface area contributed by atoms with E-state index < -0.39 is 0 Å². The summed E-state index contributed by atoms with van der Waals surface area (Å²) >= 11 is 0. The normalized spacial score (nSPS) is 10.4. The molecule has 0 spiro atoms. The summed E-state index contributed by atoms with van der Waals surface area (Å²) in [7, 11) is 1.85. The van der Waals surface area contributed by atoms with Crippen LogP contribution in [-0.2, 0) is 9.59 Å². The first-order chi connectivity index (χ1) is 9.40. The standard InChI is InChI=1S/C15H23N3O2/c1-11-6-5-7-14(12(11)2)17-15(20)10-18(4)9-8-16-13(3)19/h5-7H,8-10H2,1-4H3,(H,16,19)(H,17,20). The monoisotopic (exact) mass is 277 g/mol. The van der Waals surface area contributed by atoms with Gasteiger partial charge in [0.05, 0.1) is 6.54 Å². The molecule has 0 aromatic heterocycles. The fraction of sp³-hybridized carbons (Fsp3) is 0.467. The Labute approximate surface area is 120 Å². The highest BCUT2D eigenvalue weighted by molar-refractivity contribution is 5.93. The lowest BCUT2D eigenvalue weighted by molar-refractivity contribution is -0.118. The van der Waals surface area contributed by atoms with Crippen molar-refractivity contribution in [1.29, 1.82) is 0 Å². The van der Waals surface area contributed by atoms with Crippen LogP contribution in [0.3, 0.4) is 0 Å². The lowest BCUT2D eigenvalue weighted by Gasteiger charge is -2.17. The zero-order chi connectivity index (χ0) is 15.1. The van der Waals surface area contributed by atoms with Crippen molar-refractivity contribution in [2.75, 3.05) is 32.0 Å². The smallest absolute Gasteiger partial charge is 0.238 e. The average Bonchev–Trinajstić information content (AvgIpc) is 2.34. The van der Waals surface area contributed by atoms with Gasteiger partial charge in [-0.1, -0.05) is 12.1 Å². The second kappa shape index (κ2) is 7.65. The summed E-state index contributed by atoms with van der Waals surface area (Å²) in [4.78, 5) is 24.6. The third-order valence-electron chi connectivity index (χ3n) is 3.16. The van der Waals surface area contributed by atoms with Crippen molar-refractivity contribution >= 4 is 17.5 Å². The van der Waals surface area contributed by atoms with Gasteiger partial charge in [-0.3, -0.25) is 14.5 Å². The number of nitrogens with one attached hydrogen (secondary N) is 2. The maximum Gasteiger partial charge on any atom is 0.238 e. The van der Waals surface area contributed by atoms with Crippen LogP contribution in [0.15, 0.2) is 18.2 Å². The number of rotatable bonds is 6. The number of aryl methyl sites for hydroxylation is 1. The zero-order valence-corrected chi connectivity index (χ0v) is 12.6. The molecular formula is C15H23N3O2. The van der Waals surface area contributed by atoms with E-state index in [0.29, 0.717) is 19.6 Å². The molecule has 0 bridgehead atoms. The van der Waals surface area contributed by atoms with E-state index in [9.17, 15) is 9.59 Å².